The van der Waals surface area contributed by atoms with Crippen molar-refractivity contribution in [2.75, 3.05) is 57.8 Å². The molecule has 236 valence electrons. The first-order valence-corrected chi connectivity index (χ1v) is 16.3. The van der Waals surface area contributed by atoms with E-state index < -0.39 is 0 Å². The van der Waals surface area contributed by atoms with Gasteiger partial charge in [0.25, 0.3) is 11.8 Å². The molecule has 2 aromatic carbocycles. The summed E-state index contributed by atoms with van der Waals surface area (Å²) >= 11 is 0. The number of amides is 2. The number of anilines is 1. The van der Waals surface area contributed by atoms with Gasteiger partial charge in [0, 0.05) is 57.2 Å². The van der Waals surface area contributed by atoms with Crippen LogP contribution in [0, 0.1) is 6.92 Å². The lowest BCUT2D eigenvalue weighted by molar-refractivity contribution is 0.0544. The normalized spacial score (nSPS) is 17.1. The highest BCUT2D eigenvalue weighted by Gasteiger charge is 2.32. The second-order valence-corrected chi connectivity index (χ2v) is 12.3. The zero-order valence-electron chi connectivity index (χ0n) is 26.8. The maximum Gasteiger partial charge on any atom is 0.274 e. The fraction of sp³-hybridized carbons (Fsp3) is 0.514. The number of unbranched alkanes of at least 4 members (excludes halogenated alkanes) is 2. The number of piperazine rings is 1. The number of fused-ring (bicyclic) bond motifs is 1. The summed E-state index contributed by atoms with van der Waals surface area (Å²) in [6.45, 7) is 11.6. The summed E-state index contributed by atoms with van der Waals surface area (Å²) in [5.74, 6) is -0.205. The van der Waals surface area contributed by atoms with Gasteiger partial charge >= 0.3 is 0 Å². The lowest BCUT2D eigenvalue weighted by atomic mass is 9.93. The molecule has 0 unspecified atom stereocenters. The lowest BCUT2D eigenvalue weighted by Crippen LogP contribution is -2.47. The van der Waals surface area contributed by atoms with Crippen molar-refractivity contribution in [2.24, 2.45) is 0 Å². The van der Waals surface area contributed by atoms with Crippen LogP contribution in [0.25, 0.3) is 5.69 Å². The zero-order valence-corrected chi connectivity index (χ0v) is 26.8. The lowest BCUT2D eigenvalue weighted by Gasteiger charge is -2.37. The number of aliphatic hydroxyl groups is 1. The van der Waals surface area contributed by atoms with Gasteiger partial charge in [-0.1, -0.05) is 51.0 Å². The Morgan fingerprint density at radius 2 is 1.64 bits per heavy atom. The van der Waals surface area contributed by atoms with Crippen LogP contribution >= 0.6 is 0 Å². The number of benzene rings is 2. The van der Waals surface area contributed by atoms with Crippen LogP contribution in [-0.2, 0) is 13.0 Å². The molecule has 0 radical (unpaired) electrons. The van der Waals surface area contributed by atoms with Crippen LogP contribution in [-0.4, -0.2) is 100 Å². The minimum Gasteiger partial charge on any atom is -0.394 e. The monoisotopic (exact) mass is 600 g/mol. The fourth-order valence-corrected chi connectivity index (χ4v) is 6.28. The highest BCUT2D eigenvalue weighted by molar-refractivity contribution is 5.99. The molecule has 1 atom stereocenters. The van der Waals surface area contributed by atoms with Crippen LogP contribution in [0.3, 0.4) is 0 Å². The summed E-state index contributed by atoms with van der Waals surface area (Å²) in [4.78, 5) is 36.5. The standard InChI is InChI=1S/C35H48N6O3/c1-5-7-15-39(16-8-6-2)35(44)32-21-26(3)41(36-32)33-14-13-29(38-19-17-37(4)18-20-38)23-31(33)34(43)40-24-28-12-10-9-11-27(28)22-30(40)25-42/h9-14,21,23,30,42H,5-8,15-20,22,24-25H2,1-4H3/t30-/m0/s1. The Bertz CT molecular complexity index is 1440. The molecule has 0 spiro atoms. The third-order valence-electron chi connectivity index (χ3n) is 9.09. The van der Waals surface area contributed by atoms with E-state index in [9.17, 15) is 14.7 Å². The van der Waals surface area contributed by atoms with Gasteiger partial charge in [0.1, 0.15) is 0 Å². The quantitative estimate of drug-likeness (QED) is 0.348. The topological polar surface area (TPSA) is 85.2 Å². The van der Waals surface area contributed by atoms with E-state index in [1.165, 1.54) is 5.56 Å². The Morgan fingerprint density at radius 1 is 0.955 bits per heavy atom. The molecule has 9 heteroatoms. The number of likely N-dealkylation sites (N-methyl/N-ethyl adjacent to an activating group) is 1. The van der Waals surface area contributed by atoms with E-state index in [0.717, 1.165) is 68.8 Å². The van der Waals surface area contributed by atoms with Crippen LogP contribution < -0.4 is 4.90 Å². The Morgan fingerprint density at radius 3 is 2.30 bits per heavy atom. The van der Waals surface area contributed by atoms with Crippen molar-refractivity contribution < 1.29 is 14.7 Å². The second-order valence-electron chi connectivity index (χ2n) is 12.3. The molecule has 5 rings (SSSR count). The van der Waals surface area contributed by atoms with Crippen molar-refractivity contribution in [1.82, 2.24) is 24.5 Å². The van der Waals surface area contributed by atoms with Crippen LogP contribution in [0.2, 0.25) is 0 Å². The predicted octanol–water partition coefficient (Wildman–Crippen LogP) is 4.53. The summed E-state index contributed by atoms with van der Waals surface area (Å²) in [5, 5.41) is 15.2. The van der Waals surface area contributed by atoms with Gasteiger partial charge in [-0.05, 0) is 68.6 Å². The number of aliphatic hydroxyl groups excluding tert-OH is 1. The Labute approximate surface area is 262 Å². The molecule has 9 nitrogen and oxygen atoms in total. The molecule has 2 aliphatic rings. The van der Waals surface area contributed by atoms with E-state index >= 15 is 0 Å². The number of aryl methyl sites for hydroxylation is 1. The largest absolute Gasteiger partial charge is 0.394 e. The fourth-order valence-electron chi connectivity index (χ4n) is 6.28. The molecule has 1 N–H and O–H groups in total. The van der Waals surface area contributed by atoms with Gasteiger partial charge in [-0.15, -0.1) is 0 Å². The predicted molar refractivity (Wildman–Crippen MR) is 175 cm³/mol. The van der Waals surface area contributed by atoms with Gasteiger partial charge in [0.2, 0.25) is 0 Å². The summed E-state index contributed by atoms with van der Waals surface area (Å²) in [6, 6.07) is 15.7. The van der Waals surface area contributed by atoms with Gasteiger partial charge in [-0.25, -0.2) is 4.68 Å². The number of aromatic nitrogens is 2. The second kappa shape index (κ2) is 14.4. The number of carbonyl (C=O) groups excluding carboxylic acids is 2. The number of nitrogens with zero attached hydrogens (tertiary/aromatic N) is 6. The Balaban J connectivity index is 1.53. The first kappa shape index (κ1) is 31.7. The minimum absolute atomic E-state index is 0.0661. The maximum atomic E-state index is 14.5. The average molecular weight is 601 g/mol. The van der Waals surface area contributed by atoms with Gasteiger partial charge < -0.3 is 24.7 Å². The summed E-state index contributed by atoms with van der Waals surface area (Å²) in [6.07, 6.45) is 4.55. The third kappa shape index (κ3) is 6.84. The average Bonchev–Trinajstić information content (AvgIpc) is 3.44. The molecule has 0 saturated carbocycles. The smallest absolute Gasteiger partial charge is 0.274 e. The van der Waals surface area contributed by atoms with E-state index in [0.29, 0.717) is 43.0 Å². The highest BCUT2D eigenvalue weighted by Crippen LogP contribution is 2.30. The molecule has 1 saturated heterocycles. The third-order valence-corrected chi connectivity index (χ3v) is 9.09. The van der Waals surface area contributed by atoms with Crippen LogP contribution in [0.5, 0.6) is 0 Å². The maximum absolute atomic E-state index is 14.5. The van der Waals surface area contributed by atoms with Crippen molar-refractivity contribution >= 4 is 17.5 Å². The van der Waals surface area contributed by atoms with E-state index in [1.54, 1.807) is 9.58 Å². The number of rotatable bonds is 11. The molecule has 2 aliphatic heterocycles. The molecular formula is C35H48N6O3. The number of carbonyl (C=O) groups is 2. The van der Waals surface area contributed by atoms with Crippen molar-refractivity contribution in [3.63, 3.8) is 0 Å². The molecule has 2 amide bonds. The highest BCUT2D eigenvalue weighted by atomic mass is 16.3. The van der Waals surface area contributed by atoms with Crippen LogP contribution in [0.1, 0.15) is 77.2 Å². The summed E-state index contributed by atoms with van der Waals surface area (Å²) in [7, 11) is 2.13. The Kier molecular flexibility index (Phi) is 10.4. The van der Waals surface area contributed by atoms with Gasteiger partial charge in [0.05, 0.1) is 23.9 Å². The van der Waals surface area contributed by atoms with Crippen LogP contribution in [0.4, 0.5) is 5.69 Å². The first-order valence-electron chi connectivity index (χ1n) is 16.3. The molecule has 3 heterocycles. The van der Waals surface area contributed by atoms with Gasteiger partial charge in [0.15, 0.2) is 5.69 Å². The summed E-state index contributed by atoms with van der Waals surface area (Å²) in [5.41, 5.74) is 5.63. The van der Waals surface area contributed by atoms with Crippen LogP contribution in [0.15, 0.2) is 48.5 Å². The first-order chi connectivity index (χ1) is 21.3. The van der Waals surface area contributed by atoms with Crippen molar-refractivity contribution in [1.29, 1.82) is 0 Å². The Hall–Kier alpha value is -3.69. The molecule has 1 fully saturated rings. The van der Waals surface area contributed by atoms with Crippen molar-refractivity contribution in [3.8, 4) is 5.69 Å². The van der Waals surface area contributed by atoms with E-state index in [4.69, 9.17) is 5.10 Å². The SMILES string of the molecule is CCCCN(CCCC)C(=O)c1cc(C)n(-c2ccc(N3CCN(C)CC3)cc2C(=O)N2Cc3ccccc3C[C@H]2CO)n1. The van der Waals surface area contributed by atoms with E-state index in [2.05, 4.69) is 48.9 Å². The molecule has 0 aliphatic carbocycles. The summed E-state index contributed by atoms with van der Waals surface area (Å²) < 4.78 is 1.75. The van der Waals surface area contributed by atoms with Gasteiger partial charge in [-0.2, -0.15) is 5.10 Å². The zero-order chi connectivity index (χ0) is 31.2. The molecule has 0 bridgehead atoms. The molecular weight excluding hydrogens is 552 g/mol. The molecule has 3 aromatic rings. The minimum atomic E-state index is -0.320. The van der Waals surface area contributed by atoms with Crippen molar-refractivity contribution in [2.45, 2.75) is 65.5 Å². The van der Waals surface area contributed by atoms with E-state index in [-0.39, 0.29) is 24.5 Å². The van der Waals surface area contributed by atoms with Gasteiger partial charge in [-0.3, -0.25) is 9.59 Å². The number of hydrogen-bond acceptors (Lipinski definition) is 6. The molecule has 44 heavy (non-hydrogen) atoms. The van der Waals surface area contributed by atoms with E-state index in [1.807, 2.05) is 42.2 Å². The molecule has 1 aromatic heterocycles. The van der Waals surface area contributed by atoms with Crippen molar-refractivity contribution in [3.05, 3.63) is 76.6 Å². The number of hydrogen-bond donors (Lipinski definition) is 1.